The molecule has 3 saturated carbocycles. The third kappa shape index (κ3) is 8.63. The van der Waals surface area contributed by atoms with Gasteiger partial charge < -0.3 is 109 Å². The highest BCUT2D eigenvalue weighted by Crippen LogP contribution is 2.72. The molecule has 8 aliphatic rings. The Labute approximate surface area is 386 Å². The van der Waals surface area contributed by atoms with Gasteiger partial charge in [0, 0.05) is 0 Å². The number of aliphatic hydroxyl groups is 14. The van der Waals surface area contributed by atoms with Gasteiger partial charge in [0.15, 0.2) is 18.9 Å². The van der Waals surface area contributed by atoms with Crippen LogP contribution in [-0.2, 0) is 42.7 Å². The minimum absolute atomic E-state index is 0.00956. The summed E-state index contributed by atoms with van der Waals surface area (Å²) in [6.07, 6.45) is -27.3. The van der Waals surface area contributed by atoms with Crippen molar-refractivity contribution in [2.75, 3.05) is 26.4 Å². The lowest BCUT2D eigenvalue weighted by atomic mass is 9.40. The number of fused-ring (bicyclic) bond motifs is 3. The van der Waals surface area contributed by atoms with Gasteiger partial charge in [0.1, 0.15) is 97.7 Å². The summed E-state index contributed by atoms with van der Waals surface area (Å²) in [4.78, 5) is 14.3. The van der Waals surface area contributed by atoms with Crippen molar-refractivity contribution in [2.45, 2.75) is 201 Å². The van der Waals surface area contributed by atoms with E-state index < -0.39 is 177 Å². The van der Waals surface area contributed by atoms with Crippen LogP contribution in [0.2, 0.25) is 0 Å². The van der Waals surface area contributed by atoms with Crippen molar-refractivity contribution in [2.24, 2.45) is 28.1 Å². The molecule has 8 rings (SSSR count). The Morgan fingerprint density at radius 1 is 0.567 bits per heavy atom. The van der Waals surface area contributed by atoms with Crippen molar-refractivity contribution in [1.29, 1.82) is 0 Å². The highest BCUT2D eigenvalue weighted by molar-refractivity contribution is 5.77. The molecule has 4 aliphatic heterocycles. The van der Waals surface area contributed by atoms with E-state index in [0.717, 1.165) is 12.0 Å². The fraction of sp³-hybridized carbons (Fsp3) is 0.932. The van der Waals surface area contributed by atoms with Crippen LogP contribution >= 0.6 is 0 Å². The van der Waals surface area contributed by atoms with Crippen LogP contribution in [0, 0.1) is 28.1 Å². The lowest BCUT2D eigenvalue weighted by molar-refractivity contribution is -0.400. The first-order chi connectivity index (χ1) is 31.6. The summed E-state index contributed by atoms with van der Waals surface area (Å²) < 4.78 is 48.3. The molecule has 0 aromatic heterocycles. The van der Waals surface area contributed by atoms with E-state index in [2.05, 4.69) is 13.0 Å². The molecule has 0 amide bonds. The van der Waals surface area contributed by atoms with Gasteiger partial charge in [-0.05, 0) is 87.0 Å². The first-order valence-electron chi connectivity index (χ1n) is 23.4. The Morgan fingerprint density at radius 3 is 1.57 bits per heavy atom. The summed E-state index contributed by atoms with van der Waals surface area (Å²) >= 11 is 0. The normalized spacial score (nSPS) is 54.4. The van der Waals surface area contributed by atoms with E-state index in [1.807, 2.05) is 13.8 Å². The molecule has 26 atom stereocenters. The predicted molar refractivity (Wildman–Crippen MR) is 219 cm³/mol. The molecule has 0 aromatic rings. The average Bonchev–Trinajstić information content (AvgIpc) is 3.50. The molecule has 67 heavy (non-hydrogen) atoms. The number of carbonyl (C=O) groups excluding carboxylic acids is 1. The van der Waals surface area contributed by atoms with Crippen LogP contribution < -0.4 is 0 Å². The van der Waals surface area contributed by atoms with E-state index in [1.165, 1.54) is 0 Å². The number of carbonyl (C=O) groups is 1. The standard InChI is InChI=1S/C44H70O23/c1-17-11-43-9-5-22-41(2,7-4-8-42(22,3)40(59)66-38-33(58)30(55)26(51)20(14-47)62-38)23(43)6-10-44(17,16-43)67-39-35(65-37-32(57)29(54)25(50)19(13-46)61-37)34(27(52)21(15-48)63-39)64-36-31(56)28(53)24(49)18(12-45)60-36/h11,18-39,45-58H,4-10,12-16H2,1-3H3/t18?,19?,20?,21?,22-,23-,24?,25?,26?,27?,28?,29?,30?,31?,32?,33?,34?,35?,36?,37?,38?,39?,41+,42+,43+,44-/m0/s1. The van der Waals surface area contributed by atoms with Gasteiger partial charge in [-0.3, -0.25) is 4.79 Å². The minimum atomic E-state index is -1.95. The molecular weight excluding hydrogens is 896 g/mol. The van der Waals surface area contributed by atoms with Crippen LogP contribution in [0.1, 0.15) is 72.1 Å². The zero-order valence-corrected chi connectivity index (χ0v) is 37.7. The van der Waals surface area contributed by atoms with Crippen molar-refractivity contribution in [3.05, 3.63) is 11.6 Å². The van der Waals surface area contributed by atoms with Gasteiger partial charge in [-0.25, -0.2) is 0 Å². The molecular formula is C44H70O23. The van der Waals surface area contributed by atoms with E-state index in [9.17, 15) is 76.3 Å². The van der Waals surface area contributed by atoms with Gasteiger partial charge in [0.05, 0.1) is 37.4 Å². The maximum Gasteiger partial charge on any atom is 0.314 e. The van der Waals surface area contributed by atoms with E-state index in [4.69, 9.17) is 37.9 Å². The quantitative estimate of drug-likeness (QED) is 0.0494. The fourth-order valence-electron chi connectivity index (χ4n) is 13.3. The average molecular weight is 967 g/mol. The monoisotopic (exact) mass is 966 g/mol. The van der Waals surface area contributed by atoms with Crippen LogP contribution in [0.25, 0.3) is 0 Å². The van der Waals surface area contributed by atoms with Crippen LogP contribution in [-0.4, -0.2) is 232 Å². The Morgan fingerprint density at radius 2 is 1.03 bits per heavy atom. The number of hydrogen-bond donors (Lipinski definition) is 14. The van der Waals surface area contributed by atoms with Gasteiger partial charge in [-0.2, -0.15) is 0 Å². The lowest BCUT2D eigenvalue weighted by Crippen LogP contribution is -2.68. The molecule has 0 radical (unpaired) electrons. The van der Waals surface area contributed by atoms with Gasteiger partial charge >= 0.3 is 5.97 Å². The molecule has 2 bridgehead atoms. The molecule has 4 saturated heterocycles. The van der Waals surface area contributed by atoms with Gasteiger partial charge in [-0.1, -0.05) is 19.4 Å². The topological polar surface area (TPSA) is 374 Å². The van der Waals surface area contributed by atoms with Crippen molar-refractivity contribution in [1.82, 2.24) is 0 Å². The van der Waals surface area contributed by atoms with Crippen LogP contribution in [0.4, 0.5) is 0 Å². The maximum atomic E-state index is 14.3. The molecule has 1 spiro atoms. The third-order valence-corrected chi connectivity index (χ3v) is 17.0. The number of aliphatic hydroxyl groups excluding tert-OH is 14. The van der Waals surface area contributed by atoms with Crippen LogP contribution in [0.3, 0.4) is 0 Å². The third-order valence-electron chi connectivity index (χ3n) is 17.0. The summed E-state index contributed by atoms with van der Waals surface area (Å²) in [6, 6.07) is 0. The smallest absolute Gasteiger partial charge is 0.314 e. The highest BCUT2D eigenvalue weighted by Gasteiger charge is 2.68. The molecule has 384 valence electrons. The number of hydrogen-bond acceptors (Lipinski definition) is 23. The van der Waals surface area contributed by atoms with E-state index in [1.54, 1.807) is 0 Å². The minimum Gasteiger partial charge on any atom is -0.432 e. The Hall–Kier alpha value is -1.63. The molecule has 14 N–H and O–H groups in total. The van der Waals surface area contributed by atoms with Crippen molar-refractivity contribution < 1.29 is 114 Å². The molecule has 0 aromatic carbocycles. The predicted octanol–water partition coefficient (Wildman–Crippen LogP) is -5.11. The molecule has 4 aliphatic carbocycles. The summed E-state index contributed by atoms with van der Waals surface area (Å²) in [5.74, 6) is -0.818. The van der Waals surface area contributed by atoms with Crippen molar-refractivity contribution in [3.8, 4) is 0 Å². The SMILES string of the molecule is CC1=C[C@@]23CC[C@H]4[C@@](C)(CCC[C@@]4(C)C(=O)OC4OC(CO)C(O)C(O)C4O)[C@@H]2CC[C@]1(OC1OC(CO)C(O)C(OC2OC(CO)C(O)C(O)C2O)C1OC1OC(CO)C(O)C(O)C1O)C3. The van der Waals surface area contributed by atoms with E-state index in [-0.39, 0.29) is 11.8 Å². The highest BCUT2D eigenvalue weighted by atomic mass is 16.8. The van der Waals surface area contributed by atoms with Gasteiger partial charge in [0.2, 0.25) is 6.29 Å². The lowest BCUT2D eigenvalue weighted by Gasteiger charge is -2.64. The summed E-state index contributed by atoms with van der Waals surface area (Å²) in [6.45, 7) is 2.84. The molecule has 20 unspecified atom stereocenters. The van der Waals surface area contributed by atoms with Crippen molar-refractivity contribution >= 4 is 5.97 Å². The molecule has 23 heteroatoms. The largest absolute Gasteiger partial charge is 0.432 e. The maximum absolute atomic E-state index is 14.3. The molecule has 7 fully saturated rings. The molecule has 4 heterocycles. The summed E-state index contributed by atoms with van der Waals surface area (Å²) in [5.41, 5.74) is -2.21. The Balaban J connectivity index is 1.07. The zero-order chi connectivity index (χ0) is 48.7. The number of rotatable bonds is 12. The molecule has 23 nitrogen and oxygen atoms in total. The van der Waals surface area contributed by atoms with E-state index >= 15 is 0 Å². The van der Waals surface area contributed by atoms with Gasteiger partial charge in [-0.15, -0.1) is 0 Å². The fourth-order valence-corrected chi connectivity index (χ4v) is 13.3. The zero-order valence-electron chi connectivity index (χ0n) is 37.7. The second-order valence-electron chi connectivity index (χ2n) is 20.7. The summed E-state index contributed by atoms with van der Waals surface area (Å²) in [5, 5.41) is 148. The Bertz CT molecular complexity index is 1770. The second kappa shape index (κ2) is 19.4. The first-order valence-corrected chi connectivity index (χ1v) is 23.4. The number of esters is 1. The van der Waals surface area contributed by atoms with Crippen LogP contribution in [0.5, 0.6) is 0 Å². The summed E-state index contributed by atoms with van der Waals surface area (Å²) in [7, 11) is 0. The number of ether oxygens (including phenoxy) is 8. The van der Waals surface area contributed by atoms with Crippen molar-refractivity contribution in [3.63, 3.8) is 0 Å². The number of allylic oxidation sites excluding steroid dienone is 1. The van der Waals surface area contributed by atoms with Gasteiger partial charge in [0.25, 0.3) is 0 Å². The van der Waals surface area contributed by atoms with E-state index in [0.29, 0.717) is 44.9 Å². The first kappa shape index (κ1) is 51.7. The second-order valence-corrected chi connectivity index (χ2v) is 20.7. The Kier molecular flexibility index (Phi) is 15.0. The van der Waals surface area contributed by atoms with Crippen LogP contribution in [0.15, 0.2) is 11.6 Å².